The van der Waals surface area contributed by atoms with Crippen LogP contribution in [0.15, 0.2) is 24.3 Å². The lowest BCUT2D eigenvalue weighted by Gasteiger charge is -2.24. The standard InChI is InChI=1S/C14H20F3NO5/c1-13(8-19,9-20)18-6-10(21)7-22-11-2-4-12(5-3-11)23-14(15,16)17/h2-5,10,18-21H,6-9H2,1H3/p+1/t10-/m0/s1. The number of hydrogen-bond acceptors (Lipinski definition) is 5. The smallest absolute Gasteiger partial charge is 0.491 e. The molecule has 0 unspecified atom stereocenters. The SMILES string of the molecule is CC(CO)(CO)[NH2+]C[C@H](O)COc1ccc(OC(F)(F)F)cc1. The maximum atomic E-state index is 12.0. The summed E-state index contributed by atoms with van der Waals surface area (Å²) >= 11 is 0. The Morgan fingerprint density at radius 2 is 1.61 bits per heavy atom. The van der Waals surface area contributed by atoms with Gasteiger partial charge in [0, 0.05) is 0 Å². The molecule has 1 atom stereocenters. The summed E-state index contributed by atoms with van der Waals surface area (Å²) in [6.45, 7) is 1.24. The molecule has 0 aromatic heterocycles. The minimum absolute atomic E-state index is 0.0804. The van der Waals surface area contributed by atoms with E-state index < -0.39 is 18.0 Å². The molecule has 0 amide bonds. The van der Waals surface area contributed by atoms with Gasteiger partial charge in [-0.3, -0.25) is 0 Å². The molecule has 0 aliphatic carbocycles. The van der Waals surface area contributed by atoms with Gasteiger partial charge >= 0.3 is 6.36 Å². The summed E-state index contributed by atoms with van der Waals surface area (Å²) in [5.41, 5.74) is -0.794. The van der Waals surface area contributed by atoms with Gasteiger partial charge in [0.1, 0.15) is 36.3 Å². The molecule has 9 heteroatoms. The number of hydrogen-bond donors (Lipinski definition) is 4. The maximum Gasteiger partial charge on any atom is 0.573 e. The first kappa shape index (κ1) is 19.5. The summed E-state index contributed by atoms with van der Waals surface area (Å²) in [7, 11) is 0. The van der Waals surface area contributed by atoms with Crippen LogP contribution in [0.2, 0.25) is 0 Å². The number of aliphatic hydroxyl groups excluding tert-OH is 3. The highest BCUT2D eigenvalue weighted by molar-refractivity contribution is 5.31. The average Bonchev–Trinajstić information content (AvgIpc) is 2.50. The van der Waals surface area contributed by atoms with Crippen LogP contribution < -0.4 is 14.8 Å². The Balaban J connectivity index is 2.40. The van der Waals surface area contributed by atoms with Gasteiger partial charge in [-0.1, -0.05) is 0 Å². The first-order valence-electron chi connectivity index (χ1n) is 6.90. The van der Waals surface area contributed by atoms with E-state index in [1.807, 2.05) is 0 Å². The third-order valence-electron chi connectivity index (χ3n) is 3.10. The summed E-state index contributed by atoms with van der Waals surface area (Å²) in [6, 6.07) is 4.80. The van der Waals surface area contributed by atoms with Crippen LogP contribution in [0.3, 0.4) is 0 Å². The van der Waals surface area contributed by atoms with E-state index in [4.69, 9.17) is 14.9 Å². The molecule has 1 aromatic rings. The van der Waals surface area contributed by atoms with Crippen LogP contribution in [-0.4, -0.2) is 59.7 Å². The van der Waals surface area contributed by atoms with Gasteiger partial charge in [-0.15, -0.1) is 13.2 Å². The fourth-order valence-electron chi connectivity index (χ4n) is 1.60. The highest BCUT2D eigenvalue weighted by Crippen LogP contribution is 2.24. The Kier molecular flexibility index (Phi) is 7.07. The fraction of sp³-hybridized carbons (Fsp3) is 0.571. The van der Waals surface area contributed by atoms with E-state index in [1.54, 1.807) is 12.2 Å². The number of rotatable bonds is 9. The first-order chi connectivity index (χ1) is 10.7. The van der Waals surface area contributed by atoms with Gasteiger partial charge in [-0.2, -0.15) is 0 Å². The zero-order chi connectivity index (χ0) is 17.5. The molecule has 1 rings (SSSR count). The summed E-state index contributed by atoms with van der Waals surface area (Å²) in [5, 5.41) is 29.6. The third kappa shape index (κ3) is 7.51. The number of nitrogens with two attached hydrogens (primary N) is 1. The second-order valence-corrected chi connectivity index (χ2v) is 5.39. The molecule has 0 heterocycles. The van der Waals surface area contributed by atoms with Crippen molar-refractivity contribution in [2.24, 2.45) is 0 Å². The van der Waals surface area contributed by atoms with Gasteiger partial charge in [0.15, 0.2) is 0 Å². The van der Waals surface area contributed by atoms with E-state index in [0.29, 0.717) is 0 Å². The van der Waals surface area contributed by atoms with Crippen molar-refractivity contribution in [1.29, 1.82) is 0 Å². The Morgan fingerprint density at radius 1 is 1.09 bits per heavy atom. The topological polar surface area (TPSA) is 95.8 Å². The van der Waals surface area contributed by atoms with Gasteiger partial charge in [0.25, 0.3) is 0 Å². The second-order valence-electron chi connectivity index (χ2n) is 5.39. The van der Waals surface area contributed by atoms with Crippen LogP contribution in [0.1, 0.15) is 6.92 Å². The summed E-state index contributed by atoms with van der Waals surface area (Å²) in [5.74, 6) is -0.0777. The molecule has 132 valence electrons. The molecule has 0 bridgehead atoms. The first-order valence-corrected chi connectivity index (χ1v) is 6.90. The molecule has 5 N–H and O–H groups in total. The Labute approximate surface area is 131 Å². The van der Waals surface area contributed by atoms with Gasteiger partial charge < -0.3 is 30.1 Å². The number of aliphatic hydroxyl groups is 3. The zero-order valence-electron chi connectivity index (χ0n) is 12.6. The Bertz CT molecular complexity index is 462. The minimum Gasteiger partial charge on any atom is -0.491 e. The van der Waals surface area contributed by atoms with Gasteiger partial charge in [-0.05, 0) is 31.2 Å². The van der Waals surface area contributed by atoms with Crippen molar-refractivity contribution in [1.82, 2.24) is 0 Å². The normalized spacial score (nSPS) is 13.7. The summed E-state index contributed by atoms with van der Waals surface area (Å²) in [6.07, 6.45) is -5.63. The number of quaternary nitrogens is 1. The molecule has 1 aromatic carbocycles. The van der Waals surface area contributed by atoms with Crippen molar-refractivity contribution in [3.63, 3.8) is 0 Å². The summed E-state index contributed by atoms with van der Waals surface area (Å²) < 4.78 is 45.0. The van der Waals surface area contributed by atoms with E-state index in [1.165, 1.54) is 12.1 Å². The van der Waals surface area contributed by atoms with Crippen molar-refractivity contribution < 1.29 is 43.3 Å². The molecule has 0 saturated carbocycles. The van der Waals surface area contributed by atoms with Crippen LogP contribution in [0, 0.1) is 0 Å². The molecule has 0 saturated heterocycles. The molecular formula is C14H21F3NO5+. The molecule has 0 spiro atoms. The zero-order valence-corrected chi connectivity index (χ0v) is 12.6. The molecule has 0 fully saturated rings. The van der Waals surface area contributed by atoms with Crippen molar-refractivity contribution in [2.75, 3.05) is 26.4 Å². The predicted octanol–water partition coefficient (Wildman–Crippen LogP) is -0.368. The lowest BCUT2D eigenvalue weighted by molar-refractivity contribution is -0.732. The molecule has 0 aliphatic heterocycles. The minimum atomic E-state index is -4.75. The van der Waals surface area contributed by atoms with Crippen LogP contribution in [0.5, 0.6) is 11.5 Å². The van der Waals surface area contributed by atoms with E-state index in [9.17, 15) is 18.3 Å². The van der Waals surface area contributed by atoms with E-state index in [2.05, 4.69) is 4.74 Å². The van der Waals surface area contributed by atoms with Crippen LogP contribution >= 0.6 is 0 Å². The molecule has 0 aliphatic rings. The Hall–Kier alpha value is -1.55. The van der Waals surface area contributed by atoms with Crippen LogP contribution in [0.25, 0.3) is 0 Å². The van der Waals surface area contributed by atoms with Crippen molar-refractivity contribution in [2.45, 2.75) is 24.9 Å². The lowest BCUT2D eigenvalue weighted by Crippen LogP contribution is -2.99. The summed E-state index contributed by atoms with van der Waals surface area (Å²) in [4.78, 5) is 0. The second kappa shape index (κ2) is 8.34. The van der Waals surface area contributed by atoms with Crippen LogP contribution in [-0.2, 0) is 0 Å². The fourth-order valence-corrected chi connectivity index (χ4v) is 1.60. The molecule has 6 nitrogen and oxygen atoms in total. The van der Waals surface area contributed by atoms with E-state index in [0.717, 1.165) is 12.1 Å². The Morgan fingerprint density at radius 3 is 2.09 bits per heavy atom. The highest BCUT2D eigenvalue weighted by Gasteiger charge is 2.31. The van der Waals surface area contributed by atoms with Gasteiger partial charge in [0.05, 0.1) is 13.2 Å². The predicted molar refractivity (Wildman–Crippen MR) is 74.0 cm³/mol. The van der Waals surface area contributed by atoms with E-state index in [-0.39, 0.29) is 37.9 Å². The van der Waals surface area contributed by atoms with Gasteiger partial charge in [-0.25, -0.2) is 0 Å². The monoisotopic (exact) mass is 340 g/mol. The number of alkyl halides is 3. The molecule has 0 radical (unpaired) electrons. The highest BCUT2D eigenvalue weighted by atomic mass is 19.4. The number of halogens is 3. The number of ether oxygens (including phenoxy) is 2. The van der Waals surface area contributed by atoms with Gasteiger partial charge in [0.2, 0.25) is 0 Å². The molecule has 23 heavy (non-hydrogen) atoms. The largest absolute Gasteiger partial charge is 0.573 e. The average molecular weight is 340 g/mol. The maximum absolute atomic E-state index is 12.0. The van der Waals surface area contributed by atoms with Crippen LogP contribution in [0.4, 0.5) is 13.2 Å². The lowest BCUT2D eigenvalue weighted by atomic mass is 10.1. The molecular weight excluding hydrogens is 319 g/mol. The quantitative estimate of drug-likeness (QED) is 0.492. The third-order valence-corrected chi connectivity index (χ3v) is 3.10. The van der Waals surface area contributed by atoms with Crippen molar-refractivity contribution >= 4 is 0 Å². The van der Waals surface area contributed by atoms with Crippen molar-refractivity contribution in [3.8, 4) is 11.5 Å². The van der Waals surface area contributed by atoms with Crippen molar-refractivity contribution in [3.05, 3.63) is 24.3 Å². The van der Waals surface area contributed by atoms with E-state index >= 15 is 0 Å². The number of benzene rings is 1.